The molecule has 0 aliphatic heterocycles. The Morgan fingerprint density at radius 3 is 3.25 bits per heavy atom. The minimum Gasteiger partial charge on any atom is -0.345 e. The third-order valence-electron chi connectivity index (χ3n) is 2.08. The smallest absolute Gasteiger partial charge is 0.217 e. The Balaban J connectivity index is 2.11. The van der Waals surface area contributed by atoms with Crippen LogP contribution in [0.4, 0.5) is 0 Å². The summed E-state index contributed by atoms with van der Waals surface area (Å²) in [5, 5.41) is 2.62. The fourth-order valence-electron chi connectivity index (χ4n) is 1.33. The average molecular weight is 213 g/mol. The number of nitrogens with zero attached hydrogens (tertiary/aromatic N) is 1. The zero-order valence-corrected chi connectivity index (χ0v) is 8.87. The topological polar surface area (TPSA) is 57.8 Å². The lowest BCUT2D eigenvalue weighted by atomic mass is 10.2. The lowest BCUT2D eigenvalue weighted by Gasteiger charge is -1.92. The maximum absolute atomic E-state index is 10.6. The molecular formula is C12H11N3O. The van der Waals surface area contributed by atoms with Crippen molar-refractivity contribution in [3.05, 3.63) is 30.1 Å². The largest absolute Gasteiger partial charge is 0.345 e. The number of hydrogen-bond donors (Lipinski definition) is 2. The van der Waals surface area contributed by atoms with E-state index in [0.29, 0.717) is 6.54 Å². The third kappa shape index (κ3) is 2.39. The molecular weight excluding hydrogens is 202 g/mol. The Labute approximate surface area is 93.1 Å². The molecule has 2 aromatic rings. The van der Waals surface area contributed by atoms with Crippen LogP contribution in [0.1, 0.15) is 12.5 Å². The zero-order chi connectivity index (χ0) is 11.4. The van der Waals surface area contributed by atoms with Crippen molar-refractivity contribution >= 4 is 16.9 Å². The average Bonchev–Trinajstić information content (AvgIpc) is 2.71. The normalized spacial score (nSPS) is 9.56. The van der Waals surface area contributed by atoms with Crippen LogP contribution in [0.25, 0.3) is 11.0 Å². The summed E-state index contributed by atoms with van der Waals surface area (Å²) in [5.41, 5.74) is 2.79. The number of rotatable bonds is 1. The molecule has 0 aliphatic carbocycles. The number of amides is 1. The molecule has 0 saturated carbocycles. The van der Waals surface area contributed by atoms with E-state index in [1.807, 2.05) is 18.2 Å². The number of benzene rings is 1. The van der Waals surface area contributed by atoms with Crippen molar-refractivity contribution in [3.63, 3.8) is 0 Å². The highest BCUT2D eigenvalue weighted by Gasteiger charge is 1.95. The summed E-state index contributed by atoms with van der Waals surface area (Å²) < 4.78 is 0. The second-order valence-electron chi connectivity index (χ2n) is 3.35. The Morgan fingerprint density at radius 1 is 1.56 bits per heavy atom. The van der Waals surface area contributed by atoms with Gasteiger partial charge in [0.1, 0.15) is 0 Å². The summed E-state index contributed by atoms with van der Waals surface area (Å²) in [6.45, 7) is 1.84. The van der Waals surface area contributed by atoms with Crippen LogP contribution in [0.2, 0.25) is 0 Å². The monoisotopic (exact) mass is 213 g/mol. The van der Waals surface area contributed by atoms with Crippen LogP contribution in [-0.2, 0) is 4.79 Å². The van der Waals surface area contributed by atoms with Gasteiger partial charge in [-0.1, -0.05) is 11.8 Å². The van der Waals surface area contributed by atoms with Gasteiger partial charge in [-0.05, 0) is 18.2 Å². The number of aromatic amines is 1. The summed E-state index contributed by atoms with van der Waals surface area (Å²) >= 11 is 0. The molecule has 0 unspecified atom stereocenters. The first-order valence-electron chi connectivity index (χ1n) is 4.92. The van der Waals surface area contributed by atoms with Crippen LogP contribution < -0.4 is 5.32 Å². The predicted molar refractivity (Wildman–Crippen MR) is 61.7 cm³/mol. The number of imidazole rings is 1. The van der Waals surface area contributed by atoms with Crippen molar-refractivity contribution in [1.82, 2.24) is 15.3 Å². The molecule has 16 heavy (non-hydrogen) atoms. The summed E-state index contributed by atoms with van der Waals surface area (Å²) in [5.74, 6) is 5.77. The van der Waals surface area contributed by atoms with Crippen molar-refractivity contribution in [2.24, 2.45) is 0 Å². The molecule has 0 bridgehead atoms. The minimum absolute atomic E-state index is 0.0710. The summed E-state index contributed by atoms with van der Waals surface area (Å²) in [4.78, 5) is 17.7. The number of fused-ring (bicyclic) bond motifs is 1. The second-order valence-corrected chi connectivity index (χ2v) is 3.35. The van der Waals surface area contributed by atoms with Gasteiger partial charge in [0.15, 0.2) is 0 Å². The third-order valence-corrected chi connectivity index (χ3v) is 2.08. The second kappa shape index (κ2) is 4.49. The van der Waals surface area contributed by atoms with E-state index in [1.165, 1.54) is 6.92 Å². The van der Waals surface area contributed by atoms with Crippen LogP contribution in [0.5, 0.6) is 0 Å². The van der Waals surface area contributed by atoms with E-state index >= 15 is 0 Å². The van der Waals surface area contributed by atoms with Gasteiger partial charge in [0, 0.05) is 12.5 Å². The Kier molecular flexibility index (Phi) is 2.88. The number of hydrogen-bond acceptors (Lipinski definition) is 2. The van der Waals surface area contributed by atoms with E-state index in [-0.39, 0.29) is 5.91 Å². The van der Waals surface area contributed by atoms with Crippen molar-refractivity contribution < 1.29 is 4.79 Å². The SMILES string of the molecule is CC(=O)NCC#Cc1ccc2nc[nH]c2c1. The molecule has 4 nitrogen and oxygen atoms in total. The molecule has 4 heteroatoms. The van der Waals surface area contributed by atoms with E-state index < -0.39 is 0 Å². The number of carbonyl (C=O) groups is 1. The molecule has 2 rings (SSSR count). The minimum atomic E-state index is -0.0710. The first-order valence-corrected chi connectivity index (χ1v) is 4.92. The molecule has 1 heterocycles. The van der Waals surface area contributed by atoms with Gasteiger partial charge in [-0.25, -0.2) is 4.98 Å². The van der Waals surface area contributed by atoms with E-state index in [4.69, 9.17) is 0 Å². The molecule has 2 N–H and O–H groups in total. The highest BCUT2D eigenvalue weighted by molar-refractivity contribution is 5.76. The predicted octanol–water partition coefficient (Wildman–Crippen LogP) is 1.05. The van der Waals surface area contributed by atoms with Gasteiger partial charge in [0.2, 0.25) is 5.91 Å². The molecule has 0 aliphatic rings. The number of carbonyl (C=O) groups excluding carboxylic acids is 1. The highest BCUT2D eigenvalue weighted by Crippen LogP contribution is 2.10. The van der Waals surface area contributed by atoms with Gasteiger partial charge in [-0.3, -0.25) is 4.79 Å². The molecule has 0 fully saturated rings. The van der Waals surface area contributed by atoms with Gasteiger partial charge >= 0.3 is 0 Å². The molecule has 80 valence electrons. The van der Waals surface area contributed by atoms with Gasteiger partial charge in [0.05, 0.1) is 23.9 Å². The molecule has 0 saturated heterocycles. The highest BCUT2D eigenvalue weighted by atomic mass is 16.1. The number of aromatic nitrogens is 2. The van der Waals surface area contributed by atoms with Gasteiger partial charge in [-0.15, -0.1) is 0 Å². The van der Waals surface area contributed by atoms with Crippen molar-refractivity contribution in [2.45, 2.75) is 6.92 Å². The number of H-pyrrole nitrogens is 1. The van der Waals surface area contributed by atoms with Gasteiger partial charge in [0.25, 0.3) is 0 Å². The zero-order valence-electron chi connectivity index (χ0n) is 8.87. The van der Waals surface area contributed by atoms with E-state index in [1.54, 1.807) is 6.33 Å². The van der Waals surface area contributed by atoms with Gasteiger partial charge < -0.3 is 10.3 Å². The van der Waals surface area contributed by atoms with E-state index in [0.717, 1.165) is 16.6 Å². The molecule has 0 radical (unpaired) electrons. The van der Waals surface area contributed by atoms with Crippen molar-refractivity contribution in [3.8, 4) is 11.8 Å². The quantitative estimate of drug-likeness (QED) is 0.696. The molecule has 1 aromatic carbocycles. The maximum atomic E-state index is 10.6. The lowest BCUT2D eigenvalue weighted by Crippen LogP contribution is -2.19. The van der Waals surface area contributed by atoms with Crippen LogP contribution in [0.3, 0.4) is 0 Å². The number of nitrogens with one attached hydrogen (secondary N) is 2. The fourth-order valence-corrected chi connectivity index (χ4v) is 1.33. The van der Waals surface area contributed by atoms with Gasteiger partial charge in [-0.2, -0.15) is 0 Å². The van der Waals surface area contributed by atoms with Crippen LogP contribution in [-0.4, -0.2) is 22.4 Å². The molecule has 1 aromatic heterocycles. The van der Waals surface area contributed by atoms with Crippen LogP contribution in [0.15, 0.2) is 24.5 Å². The first-order chi connectivity index (χ1) is 7.75. The molecule has 0 spiro atoms. The van der Waals surface area contributed by atoms with Crippen molar-refractivity contribution in [2.75, 3.05) is 6.54 Å². The van der Waals surface area contributed by atoms with E-state index in [9.17, 15) is 4.79 Å². The summed E-state index contributed by atoms with van der Waals surface area (Å²) in [6, 6.07) is 5.75. The summed E-state index contributed by atoms with van der Waals surface area (Å²) in [6.07, 6.45) is 1.65. The maximum Gasteiger partial charge on any atom is 0.217 e. The Bertz CT molecular complexity index is 574. The Hall–Kier alpha value is -2.28. The lowest BCUT2D eigenvalue weighted by molar-refractivity contribution is -0.118. The first kappa shape index (κ1) is 10.2. The van der Waals surface area contributed by atoms with Crippen LogP contribution in [0, 0.1) is 11.8 Å². The molecule has 1 amide bonds. The van der Waals surface area contributed by atoms with Crippen LogP contribution >= 0.6 is 0 Å². The van der Waals surface area contributed by atoms with E-state index in [2.05, 4.69) is 27.1 Å². The Morgan fingerprint density at radius 2 is 2.44 bits per heavy atom. The fraction of sp³-hybridized carbons (Fsp3) is 0.167. The standard InChI is InChI=1S/C12H11N3O/c1-9(16)13-6-2-3-10-4-5-11-12(7-10)15-8-14-11/h4-5,7-8H,6H2,1H3,(H,13,16)(H,14,15). The molecule has 0 atom stereocenters. The van der Waals surface area contributed by atoms with Crippen molar-refractivity contribution in [1.29, 1.82) is 0 Å². The summed E-state index contributed by atoms with van der Waals surface area (Å²) in [7, 11) is 0.